The molecule has 48 valence electrons. The molecule has 0 rings (SSSR count). The molecule has 0 saturated carbocycles. The zero-order valence-corrected chi connectivity index (χ0v) is 6.20. The Morgan fingerprint density at radius 3 is 2.38 bits per heavy atom. The Kier molecular flexibility index (Phi) is 4.73. The highest BCUT2D eigenvalue weighted by Crippen LogP contribution is 1.98. The third kappa shape index (κ3) is 5.74. The van der Waals surface area contributed by atoms with Crippen molar-refractivity contribution in [2.45, 2.75) is 40.0 Å². The number of rotatable bonds is 3. The summed E-state index contributed by atoms with van der Waals surface area (Å²) >= 11 is 0. The molecular formula is C8H16. The van der Waals surface area contributed by atoms with E-state index in [9.17, 15) is 0 Å². The standard InChI is InChI=1S/C8H16/c1-4-5-6-7-8(2)3/h7H,4-6H2,1-3H3. The number of hydrogen-bond donors (Lipinski definition) is 0. The zero-order chi connectivity index (χ0) is 6.41. The maximum Gasteiger partial charge on any atom is -0.0348 e. The van der Waals surface area contributed by atoms with Gasteiger partial charge in [-0.25, -0.2) is 0 Å². The molecule has 0 aliphatic heterocycles. The fourth-order valence-corrected chi connectivity index (χ4v) is 0.595. The van der Waals surface area contributed by atoms with Gasteiger partial charge in [-0.05, 0) is 20.3 Å². The van der Waals surface area contributed by atoms with Crippen LogP contribution in [0.3, 0.4) is 0 Å². The summed E-state index contributed by atoms with van der Waals surface area (Å²) in [5.74, 6) is 0. The molecule has 0 heterocycles. The average molecular weight is 112 g/mol. The van der Waals surface area contributed by atoms with Crippen molar-refractivity contribution in [2.24, 2.45) is 0 Å². The van der Waals surface area contributed by atoms with Crippen LogP contribution in [0.1, 0.15) is 40.0 Å². The molecule has 0 aromatic heterocycles. The summed E-state index contributed by atoms with van der Waals surface area (Å²) in [6.45, 7) is 6.52. The molecule has 0 N–H and O–H groups in total. The first kappa shape index (κ1) is 7.74. The van der Waals surface area contributed by atoms with Gasteiger partial charge in [-0.3, -0.25) is 0 Å². The highest BCUT2D eigenvalue weighted by Gasteiger charge is 1.77. The summed E-state index contributed by atoms with van der Waals surface area (Å²) in [4.78, 5) is 0. The number of allylic oxidation sites excluding steroid dienone is 2. The van der Waals surface area contributed by atoms with E-state index in [1.54, 1.807) is 0 Å². The van der Waals surface area contributed by atoms with Crippen LogP contribution in [0.25, 0.3) is 0 Å². The summed E-state index contributed by atoms with van der Waals surface area (Å²) in [7, 11) is 0. The minimum Gasteiger partial charge on any atom is -0.0859 e. The van der Waals surface area contributed by atoms with Crippen LogP contribution in [0.5, 0.6) is 0 Å². The lowest BCUT2D eigenvalue weighted by molar-refractivity contribution is 0.811. The molecule has 0 heteroatoms. The molecule has 0 spiro atoms. The van der Waals surface area contributed by atoms with Crippen LogP contribution in [0.4, 0.5) is 0 Å². The van der Waals surface area contributed by atoms with Gasteiger partial charge in [0.05, 0.1) is 0 Å². The molecule has 0 atom stereocenters. The summed E-state index contributed by atoms with van der Waals surface area (Å²) in [6, 6.07) is 0. The van der Waals surface area contributed by atoms with Crippen molar-refractivity contribution in [3.63, 3.8) is 0 Å². The van der Waals surface area contributed by atoms with E-state index in [4.69, 9.17) is 0 Å². The summed E-state index contributed by atoms with van der Waals surface area (Å²) in [5, 5.41) is 0. The van der Waals surface area contributed by atoms with Crippen LogP contribution in [-0.2, 0) is 0 Å². The van der Waals surface area contributed by atoms with Gasteiger partial charge in [0.15, 0.2) is 0 Å². The Hall–Kier alpha value is -0.260. The minimum absolute atomic E-state index is 1.26. The van der Waals surface area contributed by atoms with Crippen LogP contribution in [-0.4, -0.2) is 0 Å². The van der Waals surface area contributed by atoms with E-state index in [0.717, 1.165) is 0 Å². The first-order valence-electron chi connectivity index (χ1n) is 3.40. The smallest absolute Gasteiger partial charge is 0.0348 e. The quantitative estimate of drug-likeness (QED) is 0.388. The molecular weight excluding hydrogens is 96.1 g/mol. The fourth-order valence-electron chi connectivity index (χ4n) is 0.595. The molecule has 0 amide bonds. The van der Waals surface area contributed by atoms with Crippen molar-refractivity contribution in [1.29, 1.82) is 0 Å². The first-order chi connectivity index (χ1) is 3.77. The van der Waals surface area contributed by atoms with Gasteiger partial charge in [0.25, 0.3) is 0 Å². The van der Waals surface area contributed by atoms with Gasteiger partial charge >= 0.3 is 0 Å². The Bertz CT molecular complexity index is 66.1. The molecule has 0 fully saturated rings. The van der Waals surface area contributed by atoms with Crippen LogP contribution >= 0.6 is 0 Å². The second-order valence-corrected chi connectivity index (χ2v) is 2.42. The van der Waals surface area contributed by atoms with E-state index in [0.29, 0.717) is 0 Å². The molecule has 0 unspecified atom stereocenters. The SMILES string of the molecule is CCCCC=C(C)C. The molecule has 0 nitrogen and oxygen atoms in total. The van der Waals surface area contributed by atoms with E-state index in [2.05, 4.69) is 26.8 Å². The Morgan fingerprint density at radius 2 is 2.00 bits per heavy atom. The molecule has 0 aromatic carbocycles. The summed E-state index contributed by atoms with van der Waals surface area (Å²) in [6.07, 6.45) is 6.21. The van der Waals surface area contributed by atoms with Gasteiger partial charge in [0, 0.05) is 0 Å². The monoisotopic (exact) mass is 112 g/mol. The Morgan fingerprint density at radius 1 is 1.38 bits per heavy atom. The third-order valence-electron chi connectivity index (χ3n) is 1.11. The second kappa shape index (κ2) is 4.89. The van der Waals surface area contributed by atoms with Crippen molar-refractivity contribution in [3.05, 3.63) is 11.6 Å². The normalized spacial score (nSPS) is 8.88. The fraction of sp³-hybridized carbons (Fsp3) is 0.750. The summed E-state index contributed by atoms with van der Waals surface area (Å²) < 4.78 is 0. The first-order valence-corrected chi connectivity index (χ1v) is 3.40. The minimum atomic E-state index is 1.26. The van der Waals surface area contributed by atoms with Crippen LogP contribution in [0, 0.1) is 0 Å². The van der Waals surface area contributed by atoms with Gasteiger partial charge in [0.1, 0.15) is 0 Å². The topological polar surface area (TPSA) is 0 Å². The lowest BCUT2D eigenvalue weighted by atomic mass is 10.2. The molecule has 0 aliphatic carbocycles. The molecule has 8 heavy (non-hydrogen) atoms. The highest BCUT2D eigenvalue weighted by molar-refractivity contribution is 4.92. The van der Waals surface area contributed by atoms with Crippen molar-refractivity contribution in [3.8, 4) is 0 Å². The van der Waals surface area contributed by atoms with E-state index >= 15 is 0 Å². The van der Waals surface area contributed by atoms with Crippen LogP contribution in [0.2, 0.25) is 0 Å². The number of hydrogen-bond acceptors (Lipinski definition) is 0. The summed E-state index contributed by atoms with van der Waals surface area (Å²) in [5.41, 5.74) is 1.44. The van der Waals surface area contributed by atoms with Gasteiger partial charge in [-0.2, -0.15) is 0 Å². The predicted molar refractivity (Wildman–Crippen MR) is 39.0 cm³/mol. The van der Waals surface area contributed by atoms with E-state index in [1.165, 1.54) is 24.8 Å². The maximum absolute atomic E-state index is 2.30. The van der Waals surface area contributed by atoms with Gasteiger partial charge in [-0.1, -0.05) is 31.4 Å². The molecule has 0 bridgehead atoms. The van der Waals surface area contributed by atoms with E-state index in [-0.39, 0.29) is 0 Å². The zero-order valence-electron chi connectivity index (χ0n) is 6.20. The Labute approximate surface area is 52.6 Å². The van der Waals surface area contributed by atoms with Gasteiger partial charge < -0.3 is 0 Å². The average Bonchev–Trinajstić information content (AvgIpc) is 1.66. The third-order valence-corrected chi connectivity index (χ3v) is 1.11. The predicted octanol–water partition coefficient (Wildman–Crippen LogP) is 3.14. The number of unbranched alkanes of at least 4 members (excludes halogenated alkanes) is 2. The van der Waals surface area contributed by atoms with Crippen molar-refractivity contribution in [2.75, 3.05) is 0 Å². The second-order valence-electron chi connectivity index (χ2n) is 2.42. The molecule has 0 aliphatic rings. The lowest BCUT2D eigenvalue weighted by Crippen LogP contribution is -1.68. The van der Waals surface area contributed by atoms with Crippen molar-refractivity contribution < 1.29 is 0 Å². The van der Waals surface area contributed by atoms with Crippen molar-refractivity contribution in [1.82, 2.24) is 0 Å². The van der Waals surface area contributed by atoms with Crippen LogP contribution < -0.4 is 0 Å². The van der Waals surface area contributed by atoms with Crippen LogP contribution in [0.15, 0.2) is 11.6 Å². The van der Waals surface area contributed by atoms with Crippen molar-refractivity contribution >= 4 is 0 Å². The van der Waals surface area contributed by atoms with E-state index < -0.39 is 0 Å². The lowest BCUT2D eigenvalue weighted by Gasteiger charge is -1.89. The largest absolute Gasteiger partial charge is 0.0859 e. The van der Waals surface area contributed by atoms with E-state index in [1.807, 2.05) is 0 Å². The Balaban J connectivity index is 3.03. The highest BCUT2D eigenvalue weighted by atomic mass is 13.8. The maximum atomic E-state index is 2.30. The molecule has 0 radical (unpaired) electrons. The van der Waals surface area contributed by atoms with Gasteiger partial charge in [0.2, 0.25) is 0 Å². The van der Waals surface area contributed by atoms with Gasteiger partial charge in [-0.15, -0.1) is 0 Å². The molecule has 0 aromatic rings. The molecule has 0 saturated heterocycles.